The molecule has 2 rings (SSSR count). The highest BCUT2D eigenvalue weighted by Crippen LogP contribution is 2.31. The molecule has 0 unspecified atom stereocenters. The van der Waals surface area contributed by atoms with Crippen molar-refractivity contribution in [2.75, 3.05) is 0 Å². The van der Waals surface area contributed by atoms with Gasteiger partial charge in [0.2, 0.25) is 5.69 Å². The van der Waals surface area contributed by atoms with E-state index in [2.05, 4.69) is 22.5 Å². The number of aryl methyl sites for hydroxylation is 2. The monoisotopic (exact) mass is 246 g/mol. The normalized spacial score (nSPS) is 14.1. The third-order valence-electron chi connectivity index (χ3n) is 3.44. The van der Waals surface area contributed by atoms with Gasteiger partial charge in [0.05, 0.1) is 6.57 Å². The van der Waals surface area contributed by atoms with Gasteiger partial charge in [0, 0.05) is 12.7 Å². The van der Waals surface area contributed by atoms with Crippen LogP contribution in [0.4, 0.5) is 5.69 Å². The maximum Gasteiger partial charge on any atom is 0.224 e. The van der Waals surface area contributed by atoms with Crippen LogP contribution in [0.3, 0.4) is 0 Å². The summed E-state index contributed by atoms with van der Waals surface area (Å²) in [6.07, 6.45) is 9.07. The van der Waals surface area contributed by atoms with E-state index in [1.165, 1.54) is 24.0 Å². The maximum atomic E-state index is 7.34. The van der Waals surface area contributed by atoms with Crippen LogP contribution >= 0.6 is 12.2 Å². The SMILES string of the molecule is [C-]#[N+]c1c2c(cn(CCCC)c1=S)CCCC2. The van der Waals surface area contributed by atoms with Crippen LogP contribution in [-0.2, 0) is 19.4 Å². The van der Waals surface area contributed by atoms with Crippen molar-refractivity contribution >= 4 is 17.9 Å². The van der Waals surface area contributed by atoms with Crippen LogP contribution in [0.1, 0.15) is 43.7 Å². The summed E-state index contributed by atoms with van der Waals surface area (Å²) in [5.41, 5.74) is 3.32. The van der Waals surface area contributed by atoms with E-state index in [1.54, 1.807) is 0 Å². The van der Waals surface area contributed by atoms with Gasteiger partial charge in [-0.1, -0.05) is 32.0 Å². The first kappa shape index (κ1) is 12.3. The molecule has 1 heterocycles. The molecule has 1 aliphatic rings. The number of rotatable bonds is 3. The molecule has 3 heteroatoms. The Labute approximate surface area is 108 Å². The molecule has 0 N–H and O–H groups in total. The molecule has 0 aromatic carbocycles. The van der Waals surface area contributed by atoms with Crippen molar-refractivity contribution in [3.63, 3.8) is 0 Å². The molecule has 1 aromatic rings. The van der Waals surface area contributed by atoms with Crippen LogP contribution < -0.4 is 0 Å². The molecular weight excluding hydrogens is 228 g/mol. The lowest BCUT2D eigenvalue weighted by molar-refractivity contribution is 0.606. The third kappa shape index (κ3) is 2.42. The number of pyridine rings is 1. The van der Waals surface area contributed by atoms with Gasteiger partial charge in [-0.3, -0.25) is 0 Å². The second kappa shape index (κ2) is 5.46. The number of fused-ring (bicyclic) bond motifs is 1. The van der Waals surface area contributed by atoms with E-state index in [0.717, 1.165) is 42.6 Å². The van der Waals surface area contributed by atoms with Crippen molar-refractivity contribution in [1.82, 2.24) is 4.57 Å². The van der Waals surface area contributed by atoms with Gasteiger partial charge in [-0.25, -0.2) is 4.85 Å². The van der Waals surface area contributed by atoms with E-state index in [0.29, 0.717) is 0 Å². The molecule has 0 spiro atoms. The summed E-state index contributed by atoms with van der Waals surface area (Å²) in [6.45, 7) is 10.5. The Kier molecular flexibility index (Phi) is 3.96. The van der Waals surface area contributed by atoms with Crippen LogP contribution in [0.2, 0.25) is 0 Å². The summed E-state index contributed by atoms with van der Waals surface area (Å²) in [5, 5.41) is 0. The van der Waals surface area contributed by atoms with Gasteiger partial charge in [0.15, 0.2) is 0 Å². The summed E-state index contributed by atoms with van der Waals surface area (Å²) in [6, 6.07) is 0. The molecule has 1 aliphatic carbocycles. The predicted octanol–water partition coefficient (Wildman–Crippen LogP) is 4.45. The summed E-state index contributed by atoms with van der Waals surface area (Å²) >= 11 is 5.44. The molecule has 17 heavy (non-hydrogen) atoms. The Hall–Kier alpha value is -1.14. The molecule has 1 aromatic heterocycles. The lowest BCUT2D eigenvalue weighted by Gasteiger charge is -2.20. The molecule has 0 fully saturated rings. The van der Waals surface area contributed by atoms with Crippen LogP contribution in [0, 0.1) is 11.2 Å². The van der Waals surface area contributed by atoms with Gasteiger partial charge in [-0.2, -0.15) is 0 Å². The lowest BCUT2D eigenvalue weighted by atomic mass is 9.92. The first-order valence-corrected chi connectivity index (χ1v) is 6.81. The fraction of sp³-hybridized carbons (Fsp3) is 0.571. The van der Waals surface area contributed by atoms with Gasteiger partial charge in [-0.05, 0) is 36.8 Å². The molecule has 0 saturated carbocycles. The van der Waals surface area contributed by atoms with Crippen molar-refractivity contribution in [3.05, 3.63) is 33.4 Å². The van der Waals surface area contributed by atoms with Crippen molar-refractivity contribution in [2.24, 2.45) is 0 Å². The average molecular weight is 246 g/mol. The summed E-state index contributed by atoms with van der Waals surface area (Å²) in [4.78, 5) is 3.68. The second-order valence-electron chi connectivity index (χ2n) is 4.65. The first-order valence-electron chi connectivity index (χ1n) is 6.40. The molecule has 0 saturated heterocycles. The smallest absolute Gasteiger partial charge is 0.224 e. The summed E-state index contributed by atoms with van der Waals surface area (Å²) in [5.74, 6) is 0. The van der Waals surface area contributed by atoms with E-state index in [9.17, 15) is 0 Å². The molecular formula is C14H18N2S. The first-order chi connectivity index (χ1) is 8.27. The van der Waals surface area contributed by atoms with Crippen molar-refractivity contribution < 1.29 is 0 Å². The minimum atomic E-state index is 0.744. The van der Waals surface area contributed by atoms with Crippen molar-refractivity contribution in [2.45, 2.75) is 52.0 Å². The van der Waals surface area contributed by atoms with Crippen LogP contribution in [0.25, 0.3) is 4.85 Å². The van der Waals surface area contributed by atoms with E-state index in [1.807, 2.05) is 0 Å². The molecule has 0 atom stereocenters. The van der Waals surface area contributed by atoms with Gasteiger partial charge in [0.25, 0.3) is 0 Å². The summed E-state index contributed by atoms with van der Waals surface area (Å²) < 4.78 is 2.85. The Morgan fingerprint density at radius 1 is 1.41 bits per heavy atom. The maximum absolute atomic E-state index is 7.34. The van der Waals surface area contributed by atoms with E-state index >= 15 is 0 Å². The fourth-order valence-corrected chi connectivity index (χ4v) is 2.78. The van der Waals surface area contributed by atoms with Gasteiger partial charge in [0.1, 0.15) is 4.64 Å². The number of hydrogen-bond acceptors (Lipinski definition) is 1. The van der Waals surface area contributed by atoms with Crippen molar-refractivity contribution in [3.8, 4) is 0 Å². The standard InChI is InChI=1S/C14H18N2S/c1-3-4-9-16-10-11-7-5-6-8-12(11)13(15-2)14(16)17/h10H,3-9H2,1H3. The largest absolute Gasteiger partial charge is 0.348 e. The van der Waals surface area contributed by atoms with Gasteiger partial charge >= 0.3 is 0 Å². The number of aromatic nitrogens is 1. The zero-order chi connectivity index (χ0) is 12.3. The van der Waals surface area contributed by atoms with Crippen LogP contribution in [0.15, 0.2) is 6.20 Å². The second-order valence-corrected chi connectivity index (χ2v) is 5.04. The van der Waals surface area contributed by atoms with E-state index in [-0.39, 0.29) is 0 Å². The quantitative estimate of drug-likeness (QED) is 0.565. The molecule has 0 radical (unpaired) electrons. The topological polar surface area (TPSA) is 9.29 Å². The molecule has 2 nitrogen and oxygen atoms in total. The highest BCUT2D eigenvalue weighted by atomic mass is 32.1. The Balaban J connectivity index is 2.49. The zero-order valence-electron chi connectivity index (χ0n) is 10.3. The van der Waals surface area contributed by atoms with Crippen LogP contribution in [-0.4, -0.2) is 4.57 Å². The number of nitrogens with zero attached hydrogens (tertiary/aromatic N) is 2. The number of unbranched alkanes of at least 4 members (excludes halogenated alkanes) is 1. The number of hydrogen-bond donors (Lipinski definition) is 0. The molecule has 0 bridgehead atoms. The third-order valence-corrected chi connectivity index (χ3v) is 3.86. The highest BCUT2D eigenvalue weighted by molar-refractivity contribution is 7.71. The molecule has 0 aliphatic heterocycles. The minimum Gasteiger partial charge on any atom is -0.348 e. The lowest BCUT2D eigenvalue weighted by Crippen LogP contribution is -2.09. The zero-order valence-corrected chi connectivity index (χ0v) is 11.1. The fourth-order valence-electron chi connectivity index (χ4n) is 2.46. The minimum absolute atomic E-state index is 0.744. The Morgan fingerprint density at radius 3 is 2.88 bits per heavy atom. The van der Waals surface area contributed by atoms with Crippen LogP contribution in [0.5, 0.6) is 0 Å². The molecule has 90 valence electrons. The highest BCUT2D eigenvalue weighted by Gasteiger charge is 2.16. The van der Waals surface area contributed by atoms with Gasteiger partial charge < -0.3 is 4.57 Å². The molecule has 0 amide bonds. The average Bonchev–Trinajstić information content (AvgIpc) is 2.36. The summed E-state index contributed by atoms with van der Waals surface area (Å²) in [7, 11) is 0. The Morgan fingerprint density at radius 2 is 2.18 bits per heavy atom. The van der Waals surface area contributed by atoms with Gasteiger partial charge in [-0.15, -0.1) is 0 Å². The van der Waals surface area contributed by atoms with Crippen molar-refractivity contribution in [1.29, 1.82) is 0 Å². The van der Waals surface area contributed by atoms with E-state index in [4.69, 9.17) is 18.8 Å². The Bertz CT molecular complexity index is 508. The van der Waals surface area contributed by atoms with E-state index < -0.39 is 0 Å². The predicted molar refractivity (Wildman–Crippen MR) is 73.1 cm³/mol.